The number of nitrogens with one attached hydrogen (secondary N) is 1. The second-order valence-corrected chi connectivity index (χ2v) is 9.63. The zero-order valence-corrected chi connectivity index (χ0v) is 20.0. The van der Waals surface area contributed by atoms with Gasteiger partial charge in [0.15, 0.2) is 18.2 Å². The summed E-state index contributed by atoms with van der Waals surface area (Å²) in [6, 6.07) is 0. The van der Waals surface area contributed by atoms with Crippen LogP contribution in [-0.4, -0.2) is 77.5 Å². The summed E-state index contributed by atoms with van der Waals surface area (Å²) < 4.78 is 18.7. The molecule has 2 unspecified atom stereocenters. The molecule has 4 aliphatic heterocycles. The van der Waals surface area contributed by atoms with Crippen molar-refractivity contribution in [1.82, 2.24) is 5.32 Å². The Balaban J connectivity index is 0.000000350. The summed E-state index contributed by atoms with van der Waals surface area (Å²) >= 11 is 0. The van der Waals surface area contributed by atoms with E-state index in [2.05, 4.69) is 19.2 Å². The number of aliphatic hydroxyl groups is 1. The molecule has 4 heterocycles. The van der Waals surface area contributed by atoms with Gasteiger partial charge in [0.1, 0.15) is 0 Å². The van der Waals surface area contributed by atoms with Crippen molar-refractivity contribution >= 4 is 11.9 Å². The Morgan fingerprint density at radius 2 is 1.76 bits per heavy atom. The molecule has 2 bridgehead atoms. The molecule has 1 spiro atoms. The van der Waals surface area contributed by atoms with E-state index in [1.165, 1.54) is 6.42 Å². The van der Waals surface area contributed by atoms with Gasteiger partial charge in [-0.3, -0.25) is 0 Å². The van der Waals surface area contributed by atoms with Crippen molar-refractivity contribution in [2.45, 2.75) is 70.4 Å². The molecular weight excluding hydrogens is 450 g/mol. The predicted octanol–water partition coefficient (Wildman–Crippen LogP) is 1.50. The standard InChI is InChI=1S/C19H33NO6.C4H4O4/c1-12-4-5-15-13(2)16(22-11-9-20-8-10-21)23-17-19(15)14(12)6-7-18(3,24-17)25-26-19;5-3(6)1-2-4(7)8/h12-17,20-21H,4-11H2,1-3H3;1-2H,(H,5,6)(H,7,8)/b;2-1-/t12-,13-,14?,15?,16+,17-,18-,19-;/m1./s1. The molecule has 5 aliphatic rings. The van der Waals surface area contributed by atoms with Gasteiger partial charge in [-0.15, -0.1) is 0 Å². The highest BCUT2D eigenvalue weighted by Gasteiger charge is 2.69. The van der Waals surface area contributed by atoms with E-state index in [0.717, 1.165) is 19.3 Å². The highest BCUT2D eigenvalue weighted by Crippen LogP contribution is 2.60. The number of carboxylic acids is 2. The van der Waals surface area contributed by atoms with Crippen LogP contribution in [0.25, 0.3) is 0 Å². The molecule has 1 saturated carbocycles. The summed E-state index contributed by atoms with van der Waals surface area (Å²) in [5.41, 5.74) is -0.526. The first kappa shape index (κ1) is 27.0. The van der Waals surface area contributed by atoms with Crippen molar-refractivity contribution in [3.63, 3.8) is 0 Å². The van der Waals surface area contributed by atoms with Crippen LogP contribution in [0.15, 0.2) is 12.2 Å². The molecule has 4 N–H and O–H groups in total. The van der Waals surface area contributed by atoms with Crippen molar-refractivity contribution in [3.8, 4) is 0 Å². The molecule has 11 nitrogen and oxygen atoms in total. The number of carbonyl (C=O) groups is 2. The molecule has 0 aromatic carbocycles. The average Bonchev–Trinajstić information content (AvgIpc) is 3.02. The van der Waals surface area contributed by atoms with Gasteiger partial charge in [0.2, 0.25) is 5.79 Å². The first-order valence-corrected chi connectivity index (χ1v) is 11.9. The van der Waals surface area contributed by atoms with Crippen LogP contribution >= 0.6 is 0 Å². The second kappa shape index (κ2) is 11.4. The van der Waals surface area contributed by atoms with Gasteiger partial charge in [-0.2, -0.15) is 0 Å². The van der Waals surface area contributed by atoms with Crippen molar-refractivity contribution in [2.24, 2.45) is 23.7 Å². The Morgan fingerprint density at radius 1 is 1.06 bits per heavy atom. The molecule has 11 heteroatoms. The minimum absolute atomic E-state index is 0.131. The molecule has 0 radical (unpaired) electrons. The van der Waals surface area contributed by atoms with Crippen molar-refractivity contribution in [3.05, 3.63) is 12.2 Å². The maximum Gasteiger partial charge on any atom is 0.328 e. The zero-order valence-electron chi connectivity index (χ0n) is 20.0. The van der Waals surface area contributed by atoms with E-state index >= 15 is 0 Å². The van der Waals surface area contributed by atoms with Crippen molar-refractivity contribution in [1.29, 1.82) is 0 Å². The number of hydrogen-bond acceptors (Lipinski definition) is 9. The molecule has 1 aliphatic carbocycles. The van der Waals surface area contributed by atoms with E-state index in [1.807, 2.05) is 6.92 Å². The van der Waals surface area contributed by atoms with Crippen LogP contribution in [-0.2, 0) is 33.6 Å². The van der Waals surface area contributed by atoms with Crippen LogP contribution < -0.4 is 5.32 Å². The number of carboxylic acid groups (broad SMARTS) is 2. The Morgan fingerprint density at radius 3 is 2.41 bits per heavy atom. The molecule has 194 valence electrons. The smallest absolute Gasteiger partial charge is 0.328 e. The lowest BCUT2D eigenvalue weighted by atomic mass is 9.58. The lowest BCUT2D eigenvalue weighted by Gasteiger charge is -2.60. The van der Waals surface area contributed by atoms with E-state index in [-0.39, 0.29) is 18.8 Å². The third kappa shape index (κ3) is 5.78. The number of hydrogen-bond donors (Lipinski definition) is 4. The number of ether oxygens (including phenoxy) is 3. The first-order valence-electron chi connectivity index (χ1n) is 11.9. The lowest BCUT2D eigenvalue weighted by molar-refractivity contribution is -0.577. The van der Waals surface area contributed by atoms with Crippen LogP contribution in [0.4, 0.5) is 0 Å². The minimum Gasteiger partial charge on any atom is -0.478 e. The van der Waals surface area contributed by atoms with Gasteiger partial charge in [-0.25, -0.2) is 19.4 Å². The lowest BCUT2D eigenvalue weighted by Crippen LogP contribution is -2.70. The van der Waals surface area contributed by atoms with Crippen LogP contribution in [0, 0.1) is 23.7 Å². The van der Waals surface area contributed by atoms with Crippen molar-refractivity contribution < 1.29 is 48.9 Å². The topological polar surface area (TPSA) is 153 Å². The SMILES string of the molecule is C[C@@H]1CCC2[C@@H](C)[C@@H](OCCNCCO)O[C@@H]3O[C@@]4(C)CCC1[C@@]23OO4.O=C(O)/C=C\C(=O)O. The molecule has 0 amide bonds. The summed E-state index contributed by atoms with van der Waals surface area (Å²) in [5, 5.41) is 27.6. The maximum absolute atomic E-state index is 9.55. The third-order valence-corrected chi connectivity index (χ3v) is 7.32. The van der Waals surface area contributed by atoms with Crippen LogP contribution in [0.3, 0.4) is 0 Å². The fourth-order valence-corrected chi connectivity index (χ4v) is 5.66. The normalized spacial score (nSPS) is 40.7. The third-order valence-electron chi connectivity index (χ3n) is 7.32. The summed E-state index contributed by atoms with van der Waals surface area (Å²) in [5.74, 6) is -1.82. The molecule has 0 aromatic heterocycles. The zero-order chi connectivity index (χ0) is 24.9. The number of rotatable bonds is 8. The Bertz CT molecular complexity index is 731. The van der Waals surface area contributed by atoms with Gasteiger partial charge in [0, 0.05) is 43.5 Å². The monoisotopic (exact) mass is 487 g/mol. The average molecular weight is 488 g/mol. The van der Waals surface area contributed by atoms with Crippen molar-refractivity contribution in [2.75, 3.05) is 26.3 Å². The first-order chi connectivity index (χ1) is 16.1. The van der Waals surface area contributed by atoms with Gasteiger partial charge in [0.05, 0.1) is 13.2 Å². The second-order valence-electron chi connectivity index (χ2n) is 9.63. The predicted molar refractivity (Wildman–Crippen MR) is 117 cm³/mol. The molecule has 4 saturated heterocycles. The number of aliphatic carboxylic acids is 2. The summed E-state index contributed by atoms with van der Waals surface area (Å²) in [6.07, 6.45) is 4.48. The minimum atomic E-state index is -1.26. The molecule has 8 atom stereocenters. The van der Waals surface area contributed by atoms with E-state index in [1.54, 1.807) is 0 Å². The largest absolute Gasteiger partial charge is 0.478 e. The highest BCUT2D eigenvalue weighted by atomic mass is 17.3. The highest BCUT2D eigenvalue weighted by molar-refractivity contribution is 5.89. The molecular formula is C23H37NO10. The molecule has 5 fully saturated rings. The number of aliphatic hydroxyl groups excluding tert-OH is 1. The van der Waals surface area contributed by atoms with Gasteiger partial charge in [-0.1, -0.05) is 13.8 Å². The fraction of sp³-hybridized carbons (Fsp3) is 0.826. The Hall–Kier alpha value is -1.60. The van der Waals surface area contributed by atoms with E-state index in [0.29, 0.717) is 49.6 Å². The van der Waals surface area contributed by atoms with E-state index in [4.69, 9.17) is 39.3 Å². The van der Waals surface area contributed by atoms with Crippen LogP contribution in [0.1, 0.15) is 46.5 Å². The van der Waals surface area contributed by atoms with Gasteiger partial charge < -0.3 is 34.8 Å². The molecule has 5 rings (SSSR count). The van der Waals surface area contributed by atoms with Crippen LogP contribution in [0.2, 0.25) is 0 Å². The maximum atomic E-state index is 9.55. The quantitative estimate of drug-likeness (QED) is 0.224. The van der Waals surface area contributed by atoms with Gasteiger partial charge in [0.25, 0.3) is 0 Å². The summed E-state index contributed by atoms with van der Waals surface area (Å²) in [4.78, 5) is 31.0. The van der Waals surface area contributed by atoms with E-state index in [9.17, 15) is 9.59 Å². The number of fused-ring (bicyclic) bond motifs is 2. The van der Waals surface area contributed by atoms with Gasteiger partial charge >= 0.3 is 11.9 Å². The summed E-state index contributed by atoms with van der Waals surface area (Å²) in [6.45, 7) is 8.37. The Kier molecular flexibility index (Phi) is 9.07. The van der Waals surface area contributed by atoms with Gasteiger partial charge in [-0.05, 0) is 38.0 Å². The fourth-order valence-electron chi connectivity index (χ4n) is 5.66. The van der Waals surface area contributed by atoms with Crippen LogP contribution in [0.5, 0.6) is 0 Å². The molecule has 34 heavy (non-hydrogen) atoms. The van der Waals surface area contributed by atoms with E-state index < -0.39 is 29.6 Å². The summed E-state index contributed by atoms with van der Waals surface area (Å²) in [7, 11) is 0. The molecule has 0 aromatic rings. The Labute approximate surface area is 199 Å².